The third kappa shape index (κ3) is 2.04. The van der Waals surface area contributed by atoms with Crippen LogP contribution in [0.2, 0.25) is 5.02 Å². The summed E-state index contributed by atoms with van der Waals surface area (Å²) >= 11 is 5.97. The first-order valence-corrected chi connectivity index (χ1v) is 5.02. The minimum atomic E-state index is -0.477. The van der Waals surface area contributed by atoms with Crippen molar-refractivity contribution in [2.45, 2.75) is 6.92 Å². The highest BCUT2D eigenvalue weighted by atomic mass is 35.5. The van der Waals surface area contributed by atoms with Crippen LogP contribution < -0.4 is 0 Å². The van der Waals surface area contributed by atoms with Crippen molar-refractivity contribution in [2.24, 2.45) is 0 Å². The van der Waals surface area contributed by atoms with Gasteiger partial charge in [0.15, 0.2) is 0 Å². The molecule has 0 amide bonds. The zero-order valence-corrected chi connectivity index (χ0v) is 9.22. The van der Waals surface area contributed by atoms with E-state index in [0.29, 0.717) is 21.7 Å². The van der Waals surface area contributed by atoms with E-state index in [1.54, 1.807) is 6.92 Å². The van der Waals surface area contributed by atoms with Crippen LogP contribution in [0.15, 0.2) is 30.6 Å². The molecule has 0 saturated carbocycles. The SMILES string of the molecule is Cc1cc(Cl)c(-c2cncc(F)c2)cc1F. The van der Waals surface area contributed by atoms with Crippen molar-refractivity contribution in [3.05, 3.63) is 52.8 Å². The second-order valence-corrected chi connectivity index (χ2v) is 3.88. The van der Waals surface area contributed by atoms with Gasteiger partial charge in [-0.2, -0.15) is 0 Å². The van der Waals surface area contributed by atoms with Crippen LogP contribution in [0.4, 0.5) is 8.78 Å². The van der Waals surface area contributed by atoms with E-state index in [1.165, 1.54) is 24.4 Å². The van der Waals surface area contributed by atoms with E-state index in [9.17, 15) is 8.78 Å². The number of hydrogen-bond donors (Lipinski definition) is 0. The van der Waals surface area contributed by atoms with Gasteiger partial charge in [0.05, 0.1) is 6.20 Å². The number of pyridine rings is 1. The quantitative estimate of drug-likeness (QED) is 0.733. The molecule has 2 aromatic rings. The lowest BCUT2D eigenvalue weighted by atomic mass is 10.1. The van der Waals surface area contributed by atoms with Crippen LogP contribution in [0.3, 0.4) is 0 Å². The van der Waals surface area contributed by atoms with E-state index in [4.69, 9.17) is 11.6 Å². The molecule has 2 rings (SSSR count). The van der Waals surface area contributed by atoms with Crippen LogP contribution >= 0.6 is 11.6 Å². The van der Waals surface area contributed by atoms with E-state index in [0.717, 1.165) is 6.20 Å². The normalized spacial score (nSPS) is 10.5. The lowest BCUT2D eigenvalue weighted by Gasteiger charge is -2.06. The maximum atomic E-state index is 13.4. The summed E-state index contributed by atoms with van der Waals surface area (Å²) in [5.74, 6) is -0.849. The molecule has 0 unspecified atom stereocenters. The fourth-order valence-corrected chi connectivity index (χ4v) is 1.75. The Balaban J connectivity index is 2.60. The van der Waals surface area contributed by atoms with Crippen LogP contribution in [0.25, 0.3) is 11.1 Å². The van der Waals surface area contributed by atoms with Crippen LogP contribution in [0, 0.1) is 18.6 Å². The Morgan fingerprint density at radius 3 is 2.56 bits per heavy atom. The summed E-state index contributed by atoms with van der Waals surface area (Å²) in [6.07, 6.45) is 2.53. The molecule has 1 aromatic carbocycles. The highest BCUT2D eigenvalue weighted by molar-refractivity contribution is 6.33. The average Bonchev–Trinajstić information content (AvgIpc) is 2.23. The summed E-state index contributed by atoms with van der Waals surface area (Å²) in [4.78, 5) is 3.70. The van der Waals surface area contributed by atoms with Crippen molar-refractivity contribution < 1.29 is 8.78 Å². The Bertz CT molecular complexity index is 541. The summed E-state index contributed by atoms with van der Waals surface area (Å²) in [6, 6.07) is 4.06. The summed E-state index contributed by atoms with van der Waals surface area (Å²) in [7, 11) is 0. The van der Waals surface area contributed by atoms with Crippen LogP contribution in [0.5, 0.6) is 0 Å². The first-order valence-electron chi connectivity index (χ1n) is 4.64. The molecule has 0 N–H and O–H groups in total. The van der Waals surface area contributed by atoms with Crippen LogP contribution in [-0.4, -0.2) is 4.98 Å². The standard InChI is InChI=1S/C12H8ClF2N/c1-7-2-11(13)10(4-12(7)15)8-3-9(14)6-16-5-8/h2-6H,1H3. The van der Waals surface area contributed by atoms with Gasteiger partial charge in [0.25, 0.3) is 0 Å². The maximum absolute atomic E-state index is 13.4. The molecule has 0 aliphatic heterocycles. The number of aromatic nitrogens is 1. The predicted octanol–water partition coefficient (Wildman–Crippen LogP) is 3.99. The monoisotopic (exact) mass is 239 g/mol. The van der Waals surface area contributed by atoms with Gasteiger partial charge < -0.3 is 0 Å². The fraction of sp³-hybridized carbons (Fsp3) is 0.0833. The Morgan fingerprint density at radius 2 is 1.88 bits per heavy atom. The van der Waals surface area contributed by atoms with Gasteiger partial charge >= 0.3 is 0 Å². The summed E-state index contributed by atoms with van der Waals surface area (Å²) in [6.45, 7) is 1.62. The lowest BCUT2D eigenvalue weighted by molar-refractivity contribution is 0.617. The molecule has 0 saturated heterocycles. The zero-order chi connectivity index (χ0) is 11.7. The first kappa shape index (κ1) is 11.0. The molecule has 1 aromatic heterocycles. The maximum Gasteiger partial charge on any atom is 0.142 e. The Hall–Kier alpha value is -1.48. The van der Waals surface area contributed by atoms with Crippen molar-refractivity contribution in [1.29, 1.82) is 0 Å². The molecule has 0 radical (unpaired) electrons. The largest absolute Gasteiger partial charge is 0.261 e. The third-order valence-electron chi connectivity index (χ3n) is 2.26. The molecular formula is C12H8ClF2N. The molecule has 0 atom stereocenters. The fourth-order valence-electron chi connectivity index (χ4n) is 1.43. The topological polar surface area (TPSA) is 12.9 Å². The number of hydrogen-bond acceptors (Lipinski definition) is 1. The van der Waals surface area contributed by atoms with Gasteiger partial charge in [-0.15, -0.1) is 0 Å². The van der Waals surface area contributed by atoms with Crippen LogP contribution in [-0.2, 0) is 0 Å². The van der Waals surface area contributed by atoms with Crippen molar-refractivity contribution in [3.63, 3.8) is 0 Å². The second kappa shape index (κ2) is 4.18. The van der Waals surface area contributed by atoms with Crippen LogP contribution in [0.1, 0.15) is 5.56 Å². The molecule has 0 bridgehead atoms. The summed E-state index contributed by atoms with van der Waals surface area (Å²) in [5.41, 5.74) is 1.36. The number of nitrogens with zero attached hydrogens (tertiary/aromatic N) is 1. The molecule has 82 valence electrons. The minimum absolute atomic E-state index is 0.372. The molecule has 16 heavy (non-hydrogen) atoms. The number of halogens is 3. The smallest absolute Gasteiger partial charge is 0.142 e. The van der Waals surface area contributed by atoms with Crippen molar-refractivity contribution >= 4 is 11.6 Å². The van der Waals surface area contributed by atoms with Gasteiger partial charge in [-0.1, -0.05) is 11.6 Å². The number of benzene rings is 1. The molecular weight excluding hydrogens is 232 g/mol. The van der Waals surface area contributed by atoms with Gasteiger partial charge in [0, 0.05) is 22.3 Å². The van der Waals surface area contributed by atoms with Gasteiger partial charge in [-0.3, -0.25) is 4.98 Å². The van der Waals surface area contributed by atoms with Crippen molar-refractivity contribution in [2.75, 3.05) is 0 Å². The third-order valence-corrected chi connectivity index (χ3v) is 2.58. The van der Waals surface area contributed by atoms with E-state index < -0.39 is 5.82 Å². The Labute approximate surface area is 96.7 Å². The van der Waals surface area contributed by atoms with E-state index in [-0.39, 0.29) is 5.82 Å². The summed E-state index contributed by atoms with van der Waals surface area (Å²) < 4.78 is 26.3. The Kier molecular flexibility index (Phi) is 2.88. The van der Waals surface area contributed by atoms with Gasteiger partial charge in [-0.25, -0.2) is 8.78 Å². The summed E-state index contributed by atoms with van der Waals surface area (Å²) in [5, 5.41) is 0.381. The minimum Gasteiger partial charge on any atom is -0.261 e. The Morgan fingerprint density at radius 1 is 1.12 bits per heavy atom. The van der Waals surface area contributed by atoms with Crippen molar-refractivity contribution in [3.8, 4) is 11.1 Å². The molecule has 0 aliphatic rings. The van der Waals surface area contributed by atoms with Gasteiger partial charge in [-0.05, 0) is 30.7 Å². The number of rotatable bonds is 1. The molecule has 0 fully saturated rings. The lowest BCUT2D eigenvalue weighted by Crippen LogP contribution is -1.88. The van der Waals surface area contributed by atoms with E-state index in [1.807, 2.05) is 0 Å². The molecule has 4 heteroatoms. The molecule has 1 heterocycles. The first-order chi connectivity index (χ1) is 7.58. The highest BCUT2D eigenvalue weighted by Gasteiger charge is 2.08. The average molecular weight is 240 g/mol. The highest BCUT2D eigenvalue weighted by Crippen LogP contribution is 2.29. The molecule has 0 aliphatic carbocycles. The van der Waals surface area contributed by atoms with Gasteiger partial charge in [0.1, 0.15) is 11.6 Å². The number of aryl methyl sites for hydroxylation is 1. The second-order valence-electron chi connectivity index (χ2n) is 3.47. The molecule has 1 nitrogen and oxygen atoms in total. The zero-order valence-electron chi connectivity index (χ0n) is 8.47. The predicted molar refractivity (Wildman–Crippen MR) is 59.3 cm³/mol. The van der Waals surface area contributed by atoms with E-state index >= 15 is 0 Å². The van der Waals surface area contributed by atoms with Gasteiger partial charge in [0.2, 0.25) is 0 Å². The van der Waals surface area contributed by atoms with E-state index in [2.05, 4.69) is 4.98 Å². The van der Waals surface area contributed by atoms with Crippen molar-refractivity contribution in [1.82, 2.24) is 4.98 Å². The molecule has 0 spiro atoms.